The van der Waals surface area contributed by atoms with E-state index >= 15 is 0 Å². The van der Waals surface area contributed by atoms with Crippen molar-refractivity contribution in [3.8, 4) is 11.5 Å². The van der Waals surface area contributed by atoms with Crippen molar-refractivity contribution in [2.45, 2.75) is 13.0 Å². The molecule has 1 heterocycles. The van der Waals surface area contributed by atoms with Crippen LogP contribution < -0.4 is 19.7 Å². The molecule has 0 atom stereocenters. The third-order valence-electron chi connectivity index (χ3n) is 5.31. The number of carbonyl (C=O) groups excluding carboxylic acids is 2. The van der Waals surface area contributed by atoms with Gasteiger partial charge in [0.25, 0.3) is 5.91 Å². The molecule has 35 heavy (non-hydrogen) atoms. The Bertz CT molecular complexity index is 1300. The number of methoxy groups -OCH3 is 1. The minimum Gasteiger partial charge on any atom is -0.493 e. The van der Waals surface area contributed by atoms with E-state index in [1.165, 1.54) is 0 Å². The molecule has 1 aliphatic heterocycles. The Morgan fingerprint density at radius 2 is 1.80 bits per heavy atom. The Balaban J connectivity index is 1.63. The maximum atomic E-state index is 13.0. The molecule has 3 aromatic rings. The number of anilines is 1. The van der Waals surface area contributed by atoms with Gasteiger partial charge in [0.15, 0.2) is 11.5 Å². The molecule has 0 aromatic heterocycles. The van der Waals surface area contributed by atoms with Gasteiger partial charge in [0.05, 0.1) is 12.8 Å². The third kappa shape index (κ3) is 5.58. The van der Waals surface area contributed by atoms with E-state index in [1.807, 2.05) is 30.3 Å². The Morgan fingerprint density at radius 3 is 2.46 bits per heavy atom. The molecule has 3 amide bonds. The second-order valence-electron chi connectivity index (χ2n) is 7.72. The SMILES string of the molecule is C=CCc1cc(/C=C2/NC(=O)N(c3ccc(Cl)cc3)C2=O)cc(OC)c1OCc1ccc(Br)cc1. The molecule has 0 bridgehead atoms. The van der Waals surface area contributed by atoms with Crippen molar-refractivity contribution in [2.75, 3.05) is 12.0 Å². The van der Waals surface area contributed by atoms with Gasteiger partial charge in [-0.15, -0.1) is 6.58 Å². The largest absolute Gasteiger partial charge is 0.493 e. The van der Waals surface area contributed by atoms with E-state index < -0.39 is 11.9 Å². The number of nitrogens with one attached hydrogen (secondary N) is 1. The molecule has 6 nitrogen and oxygen atoms in total. The first-order valence-electron chi connectivity index (χ1n) is 10.7. The Hall–Kier alpha value is -3.55. The summed E-state index contributed by atoms with van der Waals surface area (Å²) in [7, 11) is 1.56. The molecule has 0 radical (unpaired) electrons. The summed E-state index contributed by atoms with van der Waals surface area (Å²) in [6.45, 7) is 4.20. The standard InChI is InChI=1S/C27H22BrClN2O4/c1-3-4-19-13-18(15-24(34-2)25(19)35-16-17-5-7-20(28)8-6-17)14-23-26(32)31(27(33)30-23)22-11-9-21(29)10-12-22/h3,5-15H,1,4,16H2,2H3,(H,30,33)/b23-14+. The number of amides is 3. The number of imide groups is 1. The molecule has 0 saturated carbocycles. The lowest BCUT2D eigenvalue weighted by Crippen LogP contribution is -2.30. The molecule has 0 unspecified atom stereocenters. The zero-order chi connectivity index (χ0) is 24.9. The van der Waals surface area contributed by atoms with Gasteiger partial charge in [-0.3, -0.25) is 4.79 Å². The minimum atomic E-state index is -0.531. The van der Waals surface area contributed by atoms with E-state index in [0.29, 0.717) is 40.8 Å². The lowest BCUT2D eigenvalue weighted by Gasteiger charge is -2.16. The molecule has 1 aliphatic rings. The molecule has 3 aromatic carbocycles. The Morgan fingerprint density at radius 1 is 1.09 bits per heavy atom. The number of ether oxygens (including phenoxy) is 2. The Labute approximate surface area is 216 Å². The van der Waals surface area contributed by atoms with Crippen molar-refractivity contribution in [1.82, 2.24) is 5.32 Å². The van der Waals surface area contributed by atoms with Crippen molar-refractivity contribution >= 4 is 51.2 Å². The predicted molar refractivity (Wildman–Crippen MR) is 141 cm³/mol. The van der Waals surface area contributed by atoms with E-state index in [0.717, 1.165) is 20.5 Å². The smallest absolute Gasteiger partial charge is 0.333 e. The molecule has 1 saturated heterocycles. The van der Waals surface area contributed by atoms with Crippen LogP contribution in [0.4, 0.5) is 10.5 Å². The van der Waals surface area contributed by atoms with Crippen LogP contribution in [0.2, 0.25) is 5.02 Å². The first kappa shape index (κ1) is 24.6. The molecule has 178 valence electrons. The zero-order valence-electron chi connectivity index (χ0n) is 18.9. The average Bonchev–Trinajstić information content (AvgIpc) is 3.12. The number of halogens is 2. The summed E-state index contributed by atoms with van der Waals surface area (Å²) in [4.78, 5) is 26.6. The molecule has 1 N–H and O–H groups in total. The molecule has 1 fully saturated rings. The highest BCUT2D eigenvalue weighted by molar-refractivity contribution is 9.10. The van der Waals surface area contributed by atoms with Gasteiger partial charge in [-0.1, -0.05) is 45.7 Å². The molecular formula is C27H22BrClN2O4. The summed E-state index contributed by atoms with van der Waals surface area (Å²) in [5, 5.41) is 3.15. The van der Waals surface area contributed by atoms with Crippen LogP contribution in [0.3, 0.4) is 0 Å². The molecule has 4 rings (SSSR count). The van der Waals surface area contributed by atoms with Crippen molar-refractivity contribution in [1.29, 1.82) is 0 Å². The fraction of sp³-hybridized carbons (Fsp3) is 0.111. The topological polar surface area (TPSA) is 67.9 Å². The number of nitrogens with zero attached hydrogens (tertiary/aromatic N) is 1. The van der Waals surface area contributed by atoms with Gasteiger partial charge >= 0.3 is 6.03 Å². The average molecular weight is 554 g/mol. The van der Waals surface area contributed by atoms with E-state index in [4.69, 9.17) is 21.1 Å². The van der Waals surface area contributed by atoms with Crippen LogP contribution in [0.15, 0.2) is 83.5 Å². The summed E-state index contributed by atoms with van der Waals surface area (Å²) in [5.74, 6) is 0.652. The van der Waals surface area contributed by atoms with E-state index in [1.54, 1.807) is 49.6 Å². The molecule has 0 spiro atoms. The fourth-order valence-corrected chi connectivity index (χ4v) is 4.04. The second-order valence-corrected chi connectivity index (χ2v) is 9.08. The molecule has 0 aliphatic carbocycles. The van der Waals surface area contributed by atoms with Crippen LogP contribution in [0, 0.1) is 0 Å². The third-order valence-corrected chi connectivity index (χ3v) is 6.09. The van der Waals surface area contributed by atoms with Crippen LogP contribution in [0.1, 0.15) is 16.7 Å². The van der Waals surface area contributed by atoms with Crippen LogP contribution in [0.5, 0.6) is 11.5 Å². The number of hydrogen-bond acceptors (Lipinski definition) is 4. The van der Waals surface area contributed by atoms with Gasteiger partial charge < -0.3 is 14.8 Å². The first-order valence-corrected chi connectivity index (χ1v) is 11.9. The number of urea groups is 1. The van der Waals surface area contributed by atoms with Crippen molar-refractivity contribution < 1.29 is 19.1 Å². The quantitative estimate of drug-likeness (QED) is 0.196. The van der Waals surface area contributed by atoms with Gasteiger partial charge in [-0.25, -0.2) is 9.69 Å². The van der Waals surface area contributed by atoms with E-state index in [-0.39, 0.29) is 5.70 Å². The van der Waals surface area contributed by atoms with E-state index in [2.05, 4.69) is 27.8 Å². The second kappa shape index (κ2) is 10.8. The minimum absolute atomic E-state index is 0.153. The van der Waals surface area contributed by atoms with Gasteiger partial charge in [0, 0.05) is 15.1 Å². The number of hydrogen-bond donors (Lipinski definition) is 1. The van der Waals surface area contributed by atoms with Crippen LogP contribution in [-0.2, 0) is 17.8 Å². The highest BCUT2D eigenvalue weighted by atomic mass is 79.9. The first-order chi connectivity index (χ1) is 16.9. The zero-order valence-corrected chi connectivity index (χ0v) is 21.2. The summed E-state index contributed by atoms with van der Waals surface area (Å²) in [6.07, 6.45) is 3.91. The van der Waals surface area contributed by atoms with E-state index in [9.17, 15) is 9.59 Å². The summed E-state index contributed by atoms with van der Waals surface area (Å²) in [6, 6.07) is 17.5. The van der Waals surface area contributed by atoms with Crippen LogP contribution in [0.25, 0.3) is 6.08 Å². The fourth-order valence-electron chi connectivity index (χ4n) is 3.65. The summed E-state index contributed by atoms with van der Waals surface area (Å²) in [5.41, 5.74) is 3.11. The van der Waals surface area contributed by atoms with Gasteiger partial charge in [-0.05, 0) is 72.2 Å². The predicted octanol–water partition coefficient (Wildman–Crippen LogP) is 6.52. The van der Waals surface area contributed by atoms with Crippen molar-refractivity contribution in [3.05, 3.63) is 105 Å². The molecule has 8 heteroatoms. The van der Waals surface area contributed by atoms with Crippen molar-refractivity contribution in [2.24, 2.45) is 0 Å². The lowest BCUT2D eigenvalue weighted by molar-refractivity contribution is -0.113. The van der Waals surface area contributed by atoms with Crippen molar-refractivity contribution in [3.63, 3.8) is 0 Å². The number of rotatable bonds is 8. The summed E-state index contributed by atoms with van der Waals surface area (Å²) >= 11 is 9.36. The van der Waals surface area contributed by atoms with Gasteiger partial charge in [-0.2, -0.15) is 0 Å². The monoisotopic (exact) mass is 552 g/mol. The maximum Gasteiger partial charge on any atom is 0.333 e. The number of allylic oxidation sites excluding steroid dienone is 1. The highest BCUT2D eigenvalue weighted by Crippen LogP contribution is 2.35. The highest BCUT2D eigenvalue weighted by Gasteiger charge is 2.34. The molecular weight excluding hydrogens is 532 g/mol. The number of benzene rings is 3. The summed E-state index contributed by atoms with van der Waals surface area (Å²) < 4.78 is 12.7. The maximum absolute atomic E-state index is 13.0. The lowest BCUT2D eigenvalue weighted by atomic mass is 10.0. The number of carbonyl (C=O) groups is 2. The van der Waals surface area contributed by atoms with Crippen LogP contribution in [-0.4, -0.2) is 19.0 Å². The van der Waals surface area contributed by atoms with Crippen LogP contribution >= 0.6 is 27.5 Å². The van der Waals surface area contributed by atoms with Gasteiger partial charge in [0.2, 0.25) is 0 Å². The Kier molecular flexibility index (Phi) is 7.58. The van der Waals surface area contributed by atoms with Gasteiger partial charge in [0.1, 0.15) is 12.3 Å². The normalized spacial score (nSPS) is 14.3.